The number of aromatic nitrogens is 1. The summed E-state index contributed by atoms with van der Waals surface area (Å²) in [6, 6.07) is 8.67. The zero-order valence-corrected chi connectivity index (χ0v) is 12.8. The van der Waals surface area contributed by atoms with Crippen LogP contribution in [0.5, 0.6) is 0 Å². The third kappa shape index (κ3) is 3.21. The molecule has 7 heteroatoms. The highest BCUT2D eigenvalue weighted by atomic mass is 35.5. The minimum atomic E-state index is -0.676. The molecule has 1 atom stereocenters. The van der Waals surface area contributed by atoms with E-state index < -0.39 is 6.10 Å². The summed E-state index contributed by atoms with van der Waals surface area (Å²) in [6.07, 6.45) is 2.88. The van der Waals surface area contributed by atoms with Gasteiger partial charge in [0.05, 0.1) is 27.6 Å². The van der Waals surface area contributed by atoms with E-state index in [-0.39, 0.29) is 5.91 Å². The second-order valence-electron chi connectivity index (χ2n) is 4.70. The van der Waals surface area contributed by atoms with Crippen molar-refractivity contribution in [2.75, 3.05) is 5.32 Å². The highest BCUT2D eigenvalue weighted by Crippen LogP contribution is 2.25. The van der Waals surface area contributed by atoms with Gasteiger partial charge in [0.2, 0.25) is 6.10 Å². The number of nitrogens with one attached hydrogen (secondary N) is 1. The first kappa shape index (κ1) is 14.8. The number of pyridine rings is 1. The van der Waals surface area contributed by atoms with Gasteiger partial charge in [0, 0.05) is 18.2 Å². The highest BCUT2D eigenvalue weighted by Gasteiger charge is 2.29. The van der Waals surface area contributed by atoms with Crippen LogP contribution in [-0.4, -0.2) is 22.7 Å². The van der Waals surface area contributed by atoms with Crippen molar-refractivity contribution in [3.8, 4) is 0 Å². The fourth-order valence-corrected chi connectivity index (χ4v) is 2.32. The number of carbonyl (C=O) groups excluding carboxylic acids is 1. The van der Waals surface area contributed by atoms with Crippen LogP contribution < -0.4 is 5.32 Å². The molecule has 0 saturated carbocycles. The first-order valence-electron chi connectivity index (χ1n) is 6.52. The van der Waals surface area contributed by atoms with E-state index in [1.807, 2.05) is 0 Å². The first-order valence-corrected chi connectivity index (χ1v) is 7.28. The predicted octanol–water partition coefficient (Wildman–Crippen LogP) is 3.52. The lowest BCUT2D eigenvalue weighted by Crippen LogP contribution is -2.28. The quantitative estimate of drug-likeness (QED) is 0.933. The van der Waals surface area contributed by atoms with E-state index in [9.17, 15) is 4.79 Å². The second kappa shape index (κ2) is 6.34. The van der Waals surface area contributed by atoms with Gasteiger partial charge >= 0.3 is 0 Å². The van der Waals surface area contributed by atoms with Crippen molar-refractivity contribution < 1.29 is 9.63 Å². The Morgan fingerprint density at radius 1 is 1.27 bits per heavy atom. The highest BCUT2D eigenvalue weighted by molar-refractivity contribution is 6.42. The number of halogens is 2. The van der Waals surface area contributed by atoms with Crippen molar-refractivity contribution >= 4 is 40.5 Å². The maximum atomic E-state index is 12.1. The SMILES string of the molecule is O=C(Nc1cccnc1)[C@@H]1CC(c2ccc(Cl)c(Cl)c2)=NO1. The number of nitrogens with zero attached hydrogens (tertiary/aromatic N) is 2. The summed E-state index contributed by atoms with van der Waals surface area (Å²) in [7, 11) is 0. The lowest BCUT2D eigenvalue weighted by molar-refractivity contribution is -0.125. The molecule has 1 aromatic heterocycles. The molecule has 5 nitrogen and oxygen atoms in total. The molecule has 1 N–H and O–H groups in total. The van der Waals surface area contributed by atoms with Crippen molar-refractivity contribution in [1.29, 1.82) is 0 Å². The molecule has 1 aromatic carbocycles. The zero-order valence-electron chi connectivity index (χ0n) is 11.3. The molecule has 112 valence electrons. The summed E-state index contributed by atoms with van der Waals surface area (Å²) in [5, 5.41) is 7.59. The number of carbonyl (C=O) groups is 1. The molecular formula is C15H11Cl2N3O2. The van der Waals surface area contributed by atoms with Crippen LogP contribution in [0.2, 0.25) is 10.0 Å². The summed E-state index contributed by atoms with van der Waals surface area (Å²) >= 11 is 11.9. The number of hydrogen-bond acceptors (Lipinski definition) is 4. The molecular weight excluding hydrogens is 325 g/mol. The summed E-state index contributed by atoms with van der Waals surface area (Å²) in [4.78, 5) is 21.3. The number of anilines is 1. The van der Waals surface area contributed by atoms with Gasteiger partial charge in [-0.05, 0) is 24.3 Å². The predicted molar refractivity (Wildman–Crippen MR) is 85.4 cm³/mol. The molecule has 3 rings (SSSR count). The van der Waals surface area contributed by atoms with E-state index in [4.69, 9.17) is 28.0 Å². The molecule has 0 saturated heterocycles. The molecule has 0 fully saturated rings. The number of amides is 1. The maximum Gasteiger partial charge on any atom is 0.268 e. The smallest absolute Gasteiger partial charge is 0.268 e. The molecule has 1 aliphatic heterocycles. The van der Waals surface area contributed by atoms with Gasteiger partial charge in [-0.3, -0.25) is 9.78 Å². The van der Waals surface area contributed by atoms with E-state index in [1.54, 1.807) is 42.7 Å². The number of benzene rings is 1. The van der Waals surface area contributed by atoms with Gasteiger partial charge < -0.3 is 10.2 Å². The lowest BCUT2D eigenvalue weighted by atomic mass is 10.0. The molecule has 0 spiro atoms. The Kier molecular flexibility index (Phi) is 4.27. The topological polar surface area (TPSA) is 63.6 Å². The lowest BCUT2D eigenvalue weighted by Gasteiger charge is -2.08. The van der Waals surface area contributed by atoms with Crippen molar-refractivity contribution in [2.45, 2.75) is 12.5 Å². The average Bonchev–Trinajstić information content (AvgIpc) is 3.01. The molecule has 0 unspecified atom stereocenters. The molecule has 0 radical (unpaired) electrons. The normalized spacial score (nSPS) is 16.8. The Hall–Kier alpha value is -2.11. The molecule has 0 aliphatic carbocycles. The molecule has 2 aromatic rings. The van der Waals surface area contributed by atoms with Crippen LogP contribution in [0.15, 0.2) is 47.9 Å². The van der Waals surface area contributed by atoms with Crippen molar-refractivity contribution in [2.24, 2.45) is 5.16 Å². The Morgan fingerprint density at radius 3 is 2.86 bits per heavy atom. The van der Waals surface area contributed by atoms with Gasteiger partial charge in [-0.15, -0.1) is 0 Å². The first-order chi connectivity index (χ1) is 10.6. The number of oxime groups is 1. The van der Waals surface area contributed by atoms with Gasteiger partial charge in [-0.1, -0.05) is 34.4 Å². The Morgan fingerprint density at radius 2 is 2.14 bits per heavy atom. The van der Waals surface area contributed by atoms with E-state index >= 15 is 0 Å². The maximum absolute atomic E-state index is 12.1. The fraction of sp³-hybridized carbons (Fsp3) is 0.133. The molecule has 1 aliphatic rings. The standard InChI is InChI=1S/C15H11Cl2N3O2/c16-11-4-3-9(6-12(11)17)13-7-14(22-20-13)15(21)19-10-2-1-5-18-8-10/h1-6,8,14H,7H2,(H,19,21)/t14-/m0/s1. The van der Waals surface area contributed by atoms with Gasteiger partial charge in [0.15, 0.2) is 0 Å². The van der Waals surface area contributed by atoms with Crippen LogP contribution in [0.3, 0.4) is 0 Å². The van der Waals surface area contributed by atoms with Gasteiger partial charge in [-0.25, -0.2) is 0 Å². The molecule has 0 bridgehead atoms. The average molecular weight is 336 g/mol. The summed E-state index contributed by atoms with van der Waals surface area (Å²) < 4.78 is 0. The van der Waals surface area contributed by atoms with Crippen molar-refractivity contribution in [3.63, 3.8) is 0 Å². The van der Waals surface area contributed by atoms with Crippen LogP contribution >= 0.6 is 23.2 Å². The summed E-state index contributed by atoms with van der Waals surface area (Å²) in [5.41, 5.74) is 2.05. The molecule has 1 amide bonds. The Bertz CT molecular complexity index is 735. The summed E-state index contributed by atoms with van der Waals surface area (Å²) in [6.45, 7) is 0. The van der Waals surface area contributed by atoms with E-state index in [0.717, 1.165) is 5.56 Å². The minimum Gasteiger partial charge on any atom is -0.382 e. The largest absolute Gasteiger partial charge is 0.382 e. The van der Waals surface area contributed by atoms with Crippen molar-refractivity contribution in [3.05, 3.63) is 58.3 Å². The van der Waals surface area contributed by atoms with Gasteiger partial charge in [0.1, 0.15) is 0 Å². The van der Waals surface area contributed by atoms with Crippen LogP contribution in [0.25, 0.3) is 0 Å². The van der Waals surface area contributed by atoms with Gasteiger partial charge in [0.25, 0.3) is 5.91 Å². The van der Waals surface area contributed by atoms with E-state index in [0.29, 0.717) is 27.9 Å². The molecule has 22 heavy (non-hydrogen) atoms. The van der Waals surface area contributed by atoms with Crippen LogP contribution in [0, 0.1) is 0 Å². The van der Waals surface area contributed by atoms with Crippen LogP contribution in [0.4, 0.5) is 5.69 Å². The van der Waals surface area contributed by atoms with Crippen LogP contribution in [-0.2, 0) is 9.63 Å². The Balaban J connectivity index is 1.66. The third-order valence-electron chi connectivity index (χ3n) is 3.14. The molecule has 2 heterocycles. The third-order valence-corrected chi connectivity index (χ3v) is 3.88. The number of rotatable bonds is 3. The number of hydrogen-bond donors (Lipinski definition) is 1. The van der Waals surface area contributed by atoms with E-state index in [1.165, 1.54) is 0 Å². The van der Waals surface area contributed by atoms with Crippen LogP contribution in [0.1, 0.15) is 12.0 Å². The van der Waals surface area contributed by atoms with Crippen molar-refractivity contribution in [1.82, 2.24) is 4.98 Å². The summed E-state index contributed by atoms with van der Waals surface area (Å²) in [5.74, 6) is -0.271. The zero-order chi connectivity index (χ0) is 15.5. The van der Waals surface area contributed by atoms with E-state index in [2.05, 4.69) is 15.5 Å². The monoisotopic (exact) mass is 335 g/mol. The minimum absolute atomic E-state index is 0.271. The second-order valence-corrected chi connectivity index (χ2v) is 5.51. The Labute approximate surface area is 136 Å². The van der Waals surface area contributed by atoms with Gasteiger partial charge in [-0.2, -0.15) is 0 Å². The fourth-order valence-electron chi connectivity index (χ4n) is 2.02.